The van der Waals surface area contributed by atoms with Gasteiger partial charge in [0.1, 0.15) is 5.75 Å². The zero-order valence-electron chi connectivity index (χ0n) is 19.2. The van der Waals surface area contributed by atoms with Crippen molar-refractivity contribution in [3.8, 4) is 5.75 Å². The number of fused-ring (bicyclic) bond motifs is 3. The van der Waals surface area contributed by atoms with E-state index in [4.69, 9.17) is 10.6 Å². The highest BCUT2D eigenvalue weighted by atomic mass is 16.5. The van der Waals surface area contributed by atoms with Crippen LogP contribution in [0, 0.1) is 0 Å². The second kappa shape index (κ2) is 9.41. The maximum absolute atomic E-state index is 5.55. The van der Waals surface area contributed by atoms with Crippen LogP contribution in [-0.4, -0.2) is 23.5 Å². The molecule has 0 saturated carbocycles. The molecular weight excluding hydrogens is 424 g/mol. The van der Waals surface area contributed by atoms with E-state index in [1.54, 1.807) is 7.11 Å². The molecule has 1 atom stereocenters. The number of hydrogen-bond acceptors (Lipinski definition) is 4. The third-order valence-electron chi connectivity index (χ3n) is 6.45. The Morgan fingerprint density at radius 2 is 2.00 bits per heavy atom. The Morgan fingerprint density at radius 3 is 2.85 bits per heavy atom. The van der Waals surface area contributed by atoms with Crippen molar-refractivity contribution in [3.63, 3.8) is 0 Å². The maximum Gasteiger partial charge on any atom is 0.119 e. The first-order chi connectivity index (χ1) is 16.7. The standard InChI is InChI=1S/C27H28N6O/c1-18(30-32-31-28)20-8-5-7-19(15-20)17-33-14-13-24-23-11-3-4-12-25(23)29-26(24)27(33)21-9-6-10-22(16-21)34-2/h3-12,15-16,27,29H,1,13-14,17H2,2H3,(H2,28,32)(H,30,31). The highest BCUT2D eigenvalue weighted by Crippen LogP contribution is 2.40. The van der Waals surface area contributed by atoms with Gasteiger partial charge in [-0.05, 0) is 52.9 Å². The number of methoxy groups -OCH3 is 1. The van der Waals surface area contributed by atoms with Gasteiger partial charge in [-0.2, -0.15) is 0 Å². The lowest BCUT2D eigenvalue weighted by Crippen LogP contribution is -2.35. The SMILES string of the molecule is C=C(NN=NN)c1cccc(CN2CCc3c([nH]c4ccccc34)C2c2cccc(OC)c2)c1. The Hall–Kier alpha value is -4.10. The first-order valence-corrected chi connectivity index (χ1v) is 11.3. The third kappa shape index (κ3) is 4.13. The quantitative estimate of drug-likeness (QED) is 0.206. The van der Waals surface area contributed by atoms with Crippen molar-refractivity contribution < 1.29 is 4.74 Å². The molecule has 0 radical (unpaired) electrons. The molecule has 1 aliphatic rings. The molecule has 1 unspecified atom stereocenters. The number of nitrogens with zero attached hydrogens (tertiary/aromatic N) is 3. The molecule has 4 aromatic rings. The van der Waals surface area contributed by atoms with E-state index in [1.807, 2.05) is 18.2 Å². The minimum absolute atomic E-state index is 0.0854. The summed E-state index contributed by atoms with van der Waals surface area (Å²) in [6.45, 7) is 5.77. The Bertz CT molecular complexity index is 1360. The molecule has 34 heavy (non-hydrogen) atoms. The van der Waals surface area contributed by atoms with Crippen molar-refractivity contribution in [2.45, 2.75) is 19.0 Å². The minimum Gasteiger partial charge on any atom is -0.497 e. The third-order valence-corrected chi connectivity index (χ3v) is 6.45. The van der Waals surface area contributed by atoms with Gasteiger partial charge in [-0.25, -0.2) is 0 Å². The van der Waals surface area contributed by atoms with Crippen LogP contribution in [-0.2, 0) is 13.0 Å². The van der Waals surface area contributed by atoms with Crippen LogP contribution in [0.3, 0.4) is 0 Å². The predicted octanol–water partition coefficient (Wildman–Crippen LogP) is 5.13. The molecule has 5 rings (SSSR count). The highest BCUT2D eigenvalue weighted by Gasteiger charge is 2.32. The van der Waals surface area contributed by atoms with Gasteiger partial charge < -0.3 is 15.6 Å². The van der Waals surface area contributed by atoms with Gasteiger partial charge in [0.2, 0.25) is 0 Å². The molecule has 0 saturated heterocycles. The zero-order valence-corrected chi connectivity index (χ0v) is 19.2. The van der Waals surface area contributed by atoms with Crippen molar-refractivity contribution >= 4 is 16.6 Å². The van der Waals surface area contributed by atoms with E-state index in [-0.39, 0.29) is 6.04 Å². The molecule has 4 N–H and O–H groups in total. The molecule has 7 heteroatoms. The van der Waals surface area contributed by atoms with E-state index in [9.17, 15) is 0 Å². The first-order valence-electron chi connectivity index (χ1n) is 11.3. The molecule has 0 bridgehead atoms. The van der Waals surface area contributed by atoms with Crippen LogP contribution < -0.4 is 16.0 Å². The molecule has 3 aromatic carbocycles. The minimum atomic E-state index is 0.0854. The summed E-state index contributed by atoms with van der Waals surface area (Å²) < 4.78 is 5.55. The molecular formula is C27H28N6O. The summed E-state index contributed by atoms with van der Waals surface area (Å²) in [5.74, 6) is 5.96. The van der Waals surface area contributed by atoms with Gasteiger partial charge >= 0.3 is 0 Å². The summed E-state index contributed by atoms with van der Waals surface area (Å²) in [5, 5.41) is 8.19. The Labute approximate surface area is 198 Å². The van der Waals surface area contributed by atoms with Crippen LogP contribution in [0.15, 0.2) is 89.8 Å². The number of nitrogens with two attached hydrogens (primary N) is 1. The van der Waals surface area contributed by atoms with Crippen LogP contribution in [0.1, 0.15) is 34.0 Å². The second-order valence-electron chi connectivity index (χ2n) is 8.47. The van der Waals surface area contributed by atoms with Crippen LogP contribution in [0.5, 0.6) is 5.75 Å². The van der Waals surface area contributed by atoms with Gasteiger partial charge in [-0.3, -0.25) is 10.3 Å². The number of hydrogen-bond donors (Lipinski definition) is 3. The van der Waals surface area contributed by atoms with Gasteiger partial charge in [0, 0.05) is 29.7 Å². The van der Waals surface area contributed by atoms with Crippen molar-refractivity contribution in [2.24, 2.45) is 16.3 Å². The average molecular weight is 453 g/mol. The van der Waals surface area contributed by atoms with Gasteiger partial charge in [0.05, 0.1) is 18.8 Å². The molecule has 1 aromatic heterocycles. The smallest absolute Gasteiger partial charge is 0.119 e. The monoisotopic (exact) mass is 452 g/mol. The normalized spacial score (nSPS) is 16.0. The first kappa shape index (κ1) is 21.7. The van der Waals surface area contributed by atoms with E-state index in [0.717, 1.165) is 30.8 Å². The van der Waals surface area contributed by atoms with Crippen LogP contribution in [0.4, 0.5) is 0 Å². The van der Waals surface area contributed by atoms with Crippen molar-refractivity contribution in [3.05, 3.63) is 107 Å². The molecule has 1 aliphatic heterocycles. The number of aromatic nitrogens is 1. The van der Waals surface area contributed by atoms with Gasteiger partial charge in [-0.1, -0.05) is 65.6 Å². The van der Waals surface area contributed by atoms with E-state index in [1.165, 1.54) is 33.3 Å². The number of aromatic amines is 1. The van der Waals surface area contributed by atoms with Gasteiger partial charge in [0.25, 0.3) is 0 Å². The molecule has 0 aliphatic carbocycles. The fraction of sp³-hybridized carbons (Fsp3) is 0.185. The van der Waals surface area contributed by atoms with Gasteiger partial charge in [0.15, 0.2) is 0 Å². The van der Waals surface area contributed by atoms with Crippen molar-refractivity contribution in [2.75, 3.05) is 13.7 Å². The van der Waals surface area contributed by atoms with E-state index >= 15 is 0 Å². The summed E-state index contributed by atoms with van der Waals surface area (Å²) in [5.41, 5.74) is 10.6. The Balaban J connectivity index is 1.53. The Kier molecular flexibility index (Phi) is 6.01. The zero-order chi connectivity index (χ0) is 23.5. The Morgan fingerprint density at radius 1 is 1.15 bits per heavy atom. The van der Waals surface area contributed by atoms with Crippen LogP contribution in [0.2, 0.25) is 0 Å². The lowest BCUT2D eigenvalue weighted by atomic mass is 9.91. The number of para-hydroxylation sites is 1. The molecule has 172 valence electrons. The number of nitrogens with one attached hydrogen (secondary N) is 2. The van der Waals surface area contributed by atoms with E-state index < -0.39 is 0 Å². The summed E-state index contributed by atoms with van der Waals surface area (Å²) in [6.07, 6.45) is 0.991. The molecule has 0 amide bonds. The maximum atomic E-state index is 5.55. The summed E-state index contributed by atoms with van der Waals surface area (Å²) in [7, 11) is 1.71. The van der Waals surface area contributed by atoms with Crippen molar-refractivity contribution in [1.29, 1.82) is 0 Å². The molecule has 0 fully saturated rings. The summed E-state index contributed by atoms with van der Waals surface area (Å²) >= 11 is 0. The van der Waals surface area contributed by atoms with Crippen LogP contribution in [0.25, 0.3) is 16.6 Å². The largest absolute Gasteiger partial charge is 0.497 e. The number of benzene rings is 3. The fourth-order valence-corrected chi connectivity index (χ4v) is 4.90. The fourth-order valence-electron chi connectivity index (χ4n) is 4.90. The molecule has 2 heterocycles. The van der Waals surface area contributed by atoms with E-state index in [2.05, 4.69) is 86.9 Å². The highest BCUT2D eigenvalue weighted by molar-refractivity contribution is 5.85. The van der Waals surface area contributed by atoms with Crippen LogP contribution >= 0.6 is 0 Å². The lowest BCUT2D eigenvalue weighted by molar-refractivity contribution is 0.201. The number of rotatable bonds is 7. The average Bonchev–Trinajstić information content (AvgIpc) is 3.26. The summed E-state index contributed by atoms with van der Waals surface area (Å²) in [6, 6.07) is 25.3. The number of H-pyrrole nitrogens is 1. The van der Waals surface area contributed by atoms with Gasteiger partial charge in [-0.15, -0.1) is 0 Å². The topological polar surface area (TPSA) is 91.0 Å². The number of ether oxygens (including phenoxy) is 1. The second-order valence-corrected chi connectivity index (χ2v) is 8.47. The molecule has 0 spiro atoms. The van der Waals surface area contributed by atoms with E-state index in [0.29, 0.717) is 5.70 Å². The predicted molar refractivity (Wildman–Crippen MR) is 135 cm³/mol. The summed E-state index contributed by atoms with van der Waals surface area (Å²) in [4.78, 5) is 6.24. The van der Waals surface area contributed by atoms with Crippen molar-refractivity contribution in [1.82, 2.24) is 15.3 Å². The molecule has 7 nitrogen and oxygen atoms in total. The lowest BCUT2D eigenvalue weighted by Gasteiger charge is -2.36.